The fraction of sp³-hybridized carbons (Fsp3) is 0.667. The standard InChI is InChI=1S/C15H24N4O2/c1-10-7-8-19(9-11(10)20)14(21)16-13-6-5-12(17-18-13)15(2,3)4/h5-6,10-11,20H,7-9H2,1-4H3,(H,16,18,21). The van der Waals surface area contributed by atoms with Crippen molar-refractivity contribution in [3.05, 3.63) is 17.8 Å². The van der Waals surface area contributed by atoms with Gasteiger partial charge in [-0.3, -0.25) is 5.32 Å². The van der Waals surface area contributed by atoms with Crippen molar-refractivity contribution < 1.29 is 9.90 Å². The first-order valence-electron chi connectivity index (χ1n) is 7.35. The Hall–Kier alpha value is -1.69. The van der Waals surface area contributed by atoms with E-state index < -0.39 is 6.10 Å². The summed E-state index contributed by atoms with van der Waals surface area (Å²) in [6, 6.07) is 3.39. The number of hydrogen-bond donors (Lipinski definition) is 2. The van der Waals surface area contributed by atoms with E-state index in [1.807, 2.05) is 13.0 Å². The lowest BCUT2D eigenvalue weighted by Crippen LogP contribution is -2.47. The normalized spacial score (nSPS) is 23.0. The van der Waals surface area contributed by atoms with Gasteiger partial charge in [0.2, 0.25) is 0 Å². The molecule has 1 aliphatic rings. The number of aromatic nitrogens is 2. The van der Waals surface area contributed by atoms with Crippen LogP contribution in [0.4, 0.5) is 10.6 Å². The summed E-state index contributed by atoms with van der Waals surface area (Å²) in [4.78, 5) is 13.8. The molecule has 2 heterocycles. The third-order valence-electron chi connectivity index (χ3n) is 3.87. The molecule has 2 N–H and O–H groups in total. The molecule has 1 aromatic heterocycles. The molecule has 2 rings (SSSR count). The van der Waals surface area contributed by atoms with Gasteiger partial charge in [0.1, 0.15) is 0 Å². The summed E-state index contributed by atoms with van der Waals surface area (Å²) in [6.45, 7) is 9.19. The van der Waals surface area contributed by atoms with Gasteiger partial charge in [-0.15, -0.1) is 5.10 Å². The van der Waals surface area contributed by atoms with E-state index in [-0.39, 0.29) is 17.4 Å². The topological polar surface area (TPSA) is 78.4 Å². The zero-order chi connectivity index (χ0) is 15.6. The molecule has 1 saturated heterocycles. The average molecular weight is 292 g/mol. The van der Waals surface area contributed by atoms with Crippen LogP contribution in [0.25, 0.3) is 0 Å². The van der Waals surface area contributed by atoms with E-state index in [1.54, 1.807) is 11.0 Å². The predicted octanol–water partition coefficient (Wildman–Crippen LogP) is 2.01. The van der Waals surface area contributed by atoms with Crippen molar-refractivity contribution in [3.63, 3.8) is 0 Å². The molecule has 21 heavy (non-hydrogen) atoms. The number of urea groups is 1. The molecule has 6 nitrogen and oxygen atoms in total. The Morgan fingerprint density at radius 3 is 2.62 bits per heavy atom. The first kappa shape index (κ1) is 15.7. The van der Waals surface area contributed by atoms with Gasteiger partial charge in [-0.05, 0) is 24.5 Å². The van der Waals surface area contributed by atoms with Crippen LogP contribution in [0, 0.1) is 5.92 Å². The van der Waals surface area contributed by atoms with Crippen LogP contribution in [-0.2, 0) is 5.41 Å². The van der Waals surface area contributed by atoms with Crippen molar-refractivity contribution in [1.82, 2.24) is 15.1 Å². The van der Waals surface area contributed by atoms with Crippen LogP contribution in [-0.4, -0.2) is 45.4 Å². The Kier molecular flexibility index (Phi) is 4.46. The van der Waals surface area contributed by atoms with Crippen LogP contribution in [0.5, 0.6) is 0 Å². The Labute approximate surface area is 125 Å². The number of carbonyl (C=O) groups is 1. The first-order chi connectivity index (χ1) is 9.77. The molecule has 0 saturated carbocycles. The summed E-state index contributed by atoms with van der Waals surface area (Å²) in [6.07, 6.45) is 0.349. The Balaban J connectivity index is 1.97. The summed E-state index contributed by atoms with van der Waals surface area (Å²) in [5, 5.41) is 20.8. The highest BCUT2D eigenvalue weighted by Crippen LogP contribution is 2.20. The van der Waals surface area contributed by atoms with Crippen LogP contribution in [0.2, 0.25) is 0 Å². The zero-order valence-electron chi connectivity index (χ0n) is 13.1. The van der Waals surface area contributed by atoms with E-state index in [9.17, 15) is 9.90 Å². The van der Waals surface area contributed by atoms with Crippen LogP contribution < -0.4 is 5.32 Å². The molecule has 0 aromatic carbocycles. The second-order valence-corrected chi connectivity index (χ2v) is 6.76. The van der Waals surface area contributed by atoms with E-state index in [4.69, 9.17) is 0 Å². The van der Waals surface area contributed by atoms with Gasteiger partial charge in [-0.25, -0.2) is 4.79 Å². The number of nitrogens with one attached hydrogen (secondary N) is 1. The first-order valence-corrected chi connectivity index (χ1v) is 7.35. The molecule has 0 bridgehead atoms. The van der Waals surface area contributed by atoms with Crippen molar-refractivity contribution in [1.29, 1.82) is 0 Å². The molecule has 1 aliphatic heterocycles. The summed E-state index contributed by atoms with van der Waals surface area (Å²) >= 11 is 0. The maximum Gasteiger partial charge on any atom is 0.323 e. The number of rotatable bonds is 1. The Morgan fingerprint density at radius 2 is 2.10 bits per heavy atom. The number of carbonyl (C=O) groups excluding carboxylic acids is 1. The van der Waals surface area contributed by atoms with E-state index in [1.165, 1.54) is 0 Å². The van der Waals surface area contributed by atoms with Gasteiger partial charge >= 0.3 is 6.03 Å². The molecule has 2 amide bonds. The molecule has 0 radical (unpaired) electrons. The quantitative estimate of drug-likeness (QED) is 0.830. The van der Waals surface area contributed by atoms with Gasteiger partial charge in [0, 0.05) is 18.5 Å². The summed E-state index contributed by atoms with van der Waals surface area (Å²) < 4.78 is 0. The van der Waals surface area contributed by atoms with Gasteiger partial charge in [-0.1, -0.05) is 27.7 Å². The lowest BCUT2D eigenvalue weighted by molar-refractivity contribution is 0.0463. The van der Waals surface area contributed by atoms with Crippen molar-refractivity contribution >= 4 is 11.8 Å². The van der Waals surface area contributed by atoms with Crippen molar-refractivity contribution in [2.75, 3.05) is 18.4 Å². The smallest absolute Gasteiger partial charge is 0.323 e. The third-order valence-corrected chi connectivity index (χ3v) is 3.87. The van der Waals surface area contributed by atoms with Crippen molar-refractivity contribution in [2.24, 2.45) is 5.92 Å². The number of aliphatic hydroxyl groups excluding tert-OH is 1. The highest BCUT2D eigenvalue weighted by molar-refractivity contribution is 5.88. The minimum Gasteiger partial charge on any atom is -0.391 e. The summed E-state index contributed by atoms with van der Waals surface area (Å²) in [5.74, 6) is 0.668. The second kappa shape index (κ2) is 5.97. The molecule has 1 aromatic rings. The SMILES string of the molecule is CC1CCN(C(=O)Nc2ccc(C(C)(C)C)nn2)CC1O. The molecule has 1 fully saturated rings. The number of piperidine rings is 1. The van der Waals surface area contributed by atoms with Gasteiger partial charge < -0.3 is 10.0 Å². The number of nitrogens with zero attached hydrogens (tertiary/aromatic N) is 3. The Morgan fingerprint density at radius 1 is 1.38 bits per heavy atom. The predicted molar refractivity (Wildman–Crippen MR) is 81.1 cm³/mol. The molecule has 0 aliphatic carbocycles. The molecule has 0 spiro atoms. The summed E-state index contributed by atoms with van der Waals surface area (Å²) in [7, 11) is 0. The fourth-order valence-electron chi connectivity index (χ4n) is 2.22. The van der Waals surface area contributed by atoms with E-state index >= 15 is 0 Å². The highest BCUT2D eigenvalue weighted by Gasteiger charge is 2.27. The third kappa shape index (κ3) is 3.91. The molecular formula is C15H24N4O2. The number of β-amino-alcohol motifs (C(OH)–C–C–N with tert-alkyl or cyclic N) is 1. The molecule has 6 heteroatoms. The maximum absolute atomic E-state index is 12.1. The summed E-state index contributed by atoms with van der Waals surface area (Å²) in [5.41, 5.74) is 0.811. The van der Waals surface area contributed by atoms with Crippen LogP contribution in [0.3, 0.4) is 0 Å². The average Bonchev–Trinajstić information content (AvgIpc) is 2.41. The molecule has 116 valence electrons. The number of aliphatic hydroxyl groups is 1. The largest absolute Gasteiger partial charge is 0.391 e. The molecule has 2 atom stereocenters. The minimum absolute atomic E-state index is 0.0668. The minimum atomic E-state index is -0.459. The maximum atomic E-state index is 12.1. The van der Waals surface area contributed by atoms with Gasteiger partial charge in [0.15, 0.2) is 5.82 Å². The lowest BCUT2D eigenvalue weighted by atomic mass is 9.92. The number of amides is 2. The van der Waals surface area contributed by atoms with Crippen molar-refractivity contribution in [2.45, 2.75) is 45.6 Å². The van der Waals surface area contributed by atoms with Crippen LogP contribution in [0.15, 0.2) is 12.1 Å². The van der Waals surface area contributed by atoms with Crippen LogP contribution in [0.1, 0.15) is 39.8 Å². The van der Waals surface area contributed by atoms with Gasteiger partial charge in [0.25, 0.3) is 0 Å². The second-order valence-electron chi connectivity index (χ2n) is 6.76. The number of anilines is 1. The van der Waals surface area contributed by atoms with Gasteiger partial charge in [-0.2, -0.15) is 5.10 Å². The molecule has 2 unspecified atom stereocenters. The lowest BCUT2D eigenvalue weighted by Gasteiger charge is -2.34. The number of hydrogen-bond acceptors (Lipinski definition) is 4. The number of likely N-dealkylation sites (tertiary alicyclic amines) is 1. The van der Waals surface area contributed by atoms with Crippen LogP contribution >= 0.6 is 0 Å². The zero-order valence-corrected chi connectivity index (χ0v) is 13.1. The molecular weight excluding hydrogens is 268 g/mol. The monoisotopic (exact) mass is 292 g/mol. The Bertz CT molecular complexity index is 495. The van der Waals surface area contributed by atoms with Crippen molar-refractivity contribution in [3.8, 4) is 0 Å². The van der Waals surface area contributed by atoms with E-state index in [0.717, 1.165) is 12.1 Å². The van der Waals surface area contributed by atoms with E-state index in [2.05, 4.69) is 36.3 Å². The highest BCUT2D eigenvalue weighted by atomic mass is 16.3. The van der Waals surface area contributed by atoms with Gasteiger partial charge in [0.05, 0.1) is 11.8 Å². The van der Waals surface area contributed by atoms with E-state index in [0.29, 0.717) is 18.9 Å². The fourth-order valence-corrected chi connectivity index (χ4v) is 2.22.